The molecule has 1 saturated heterocycles. The summed E-state index contributed by atoms with van der Waals surface area (Å²) in [4.78, 5) is 25.8. The zero-order valence-electron chi connectivity index (χ0n) is 13.8. The van der Waals surface area contributed by atoms with Crippen LogP contribution in [0, 0.1) is 0 Å². The first-order chi connectivity index (χ1) is 11.4. The summed E-state index contributed by atoms with van der Waals surface area (Å²) in [7, 11) is -1.58. The molecule has 0 aromatic heterocycles. The van der Waals surface area contributed by atoms with Crippen LogP contribution in [0.3, 0.4) is 0 Å². The SMILES string of the molecule is CCN(C(=O)C(=O)NCc1ccccc1OC)C1CCS(=O)(=O)C1. The lowest BCUT2D eigenvalue weighted by molar-refractivity contribution is -0.147. The number of ether oxygens (including phenoxy) is 1. The third-order valence-electron chi connectivity index (χ3n) is 4.08. The van der Waals surface area contributed by atoms with Gasteiger partial charge in [-0.15, -0.1) is 0 Å². The van der Waals surface area contributed by atoms with Crippen LogP contribution in [-0.2, 0) is 26.0 Å². The fourth-order valence-corrected chi connectivity index (χ4v) is 4.55. The van der Waals surface area contributed by atoms with Crippen LogP contribution in [0.15, 0.2) is 24.3 Å². The monoisotopic (exact) mass is 354 g/mol. The van der Waals surface area contributed by atoms with E-state index in [1.54, 1.807) is 19.1 Å². The Morgan fingerprint density at radius 3 is 2.62 bits per heavy atom. The van der Waals surface area contributed by atoms with E-state index < -0.39 is 27.7 Å². The third kappa shape index (κ3) is 4.25. The van der Waals surface area contributed by atoms with Gasteiger partial charge in [-0.3, -0.25) is 9.59 Å². The lowest BCUT2D eigenvalue weighted by atomic mass is 10.2. The number of carbonyl (C=O) groups excluding carboxylic acids is 2. The van der Waals surface area contributed by atoms with Gasteiger partial charge in [0.25, 0.3) is 0 Å². The standard InChI is InChI=1S/C16H22N2O5S/c1-3-18(13-8-9-24(21,22)11-13)16(20)15(19)17-10-12-6-4-5-7-14(12)23-2/h4-7,13H,3,8-11H2,1-2H3,(H,17,19). The van der Waals surface area contributed by atoms with Crippen LogP contribution in [0.1, 0.15) is 18.9 Å². The zero-order valence-corrected chi connectivity index (χ0v) is 14.6. The van der Waals surface area contributed by atoms with E-state index in [4.69, 9.17) is 4.74 Å². The lowest BCUT2D eigenvalue weighted by Gasteiger charge is -2.26. The number of likely N-dealkylation sites (N-methyl/N-ethyl adjacent to an activating group) is 1. The predicted octanol–water partition coefficient (Wildman–Crippen LogP) is 0.347. The summed E-state index contributed by atoms with van der Waals surface area (Å²) in [5.41, 5.74) is 0.757. The van der Waals surface area contributed by atoms with Crippen LogP contribution < -0.4 is 10.1 Å². The van der Waals surface area contributed by atoms with E-state index in [9.17, 15) is 18.0 Å². The number of hydrogen-bond acceptors (Lipinski definition) is 5. The van der Waals surface area contributed by atoms with Gasteiger partial charge in [0.1, 0.15) is 5.75 Å². The number of amides is 2. The molecule has 1 fully saturated rings. The van der Waals surface area contributed by atoms with Crippen LogP contribution in [0.25, 0.3) is 0 Å². The van der Waals surface area contributed by atoms with Crippen LogP contribution in [0.2, 0.25) is 0 Å². The van der Waals surface area contributed by atoms with Crippen LogP contribution in [0.4, 0.5) is 0 Å². The molecule has 0 radical (unpaired) electrons. The Morgan fingerprint density at radius 1 is 1.33 bits per heavy atom. The highest BCUT2D eigenvalue weighted by Gasteiger charge is 2.35. The summed E-state index contributed by atoms with van der Waals surface area (Å²) < 4.78 is 28.4. The third-order valence-corrected chi connectivity index (χ3v) is 5.83. The molecule has 0 saturated carbocycles. The maximum absolute atomic E-state index is 12.3. The molecule has 7 nitrogen and oxygen atoms in total. The van der Waals surface area contributed by atoms with E-state index in [0.29, 0.717) is 18.7 Å². The lowest BCUT2D eigenvalue weighted by Crippen LogP contribution is -2.48. The van der Waals surface area contributed by atoms with Crippen molar-refractivity contribution in [2.24, 2.45) is 0 Å². The highest BCUT2D eigenvalue weighted by Crippen LogP contribution is 2.19. The molecule has 0 aliphatic carbocycles. The molecule has 1 heterocycles. The Hall–Kier alpha value is -2.09. The first-order valence-electron chi connectivity index (χ1n) is 7.79. The van der Waals surface area contributed by atoms with Crippen molar-refractivity contribution in [1.82, 2.24) is 10.2 Å². The number of hydrogen-bond donors (Lipinski definition) is 1. The van der Waals surface area contributed by atoms with E-state index in [2.05, 4.69) is 5.32 Å². The van der Waals surface area contributed by atoms with Crippen molar-refractivity contribution in [1.29, 1.82) is 0 Å². The number of benzene rings is 1. The summed E-state index contributed by atoms with van der Waals surface area (Å²) in [5.74, 6) is -0.836. The van der Waals surface area contributed by atoms with Crippen molar-refractivity contribution < 1.29 is 22.7 Å². The fourth-order valence-electron chi connectivity index (χ4n) is 2.82. The highest BCUT2D eigenvalue weighted by atomic mass is 32.2. The number of carbonyl (C=O) groups is 2. The highest BCUT2D eigenvalue weighted by molar-refractivity contribution is 7.91. The summed E-state index contributed by atoms with van der Waals surface area (Å²) in [6.45, 7) is 2.19. The summed E-state index contributed by atoms with van der Waals surface area (Å²) >= 11 is 0. The number of nitrogens with one attached hydrogen (secondary N) is 1. The Balaban J connectivity index is 1.99. The Kier molecular flexibility index (Phi) is 5.82. The van der Waals surface area contributed by atoms with Crippen molar-refractivity contribution in [3.8, 4) is 5.75 Å². The molecule has 1 atom stereocenters. The summed E-state index contributed by atoms with van der Waals surface area (Å²) in [5, 5.41) is 2.57. The summed E-state index contributed by atoms with van der Waals surface area (Å²) in [6.07, 6.45) is 0.377. The van der Waals surface area contributed by atoms with Crippen LogP contribution in [-0.4, -0.2) is 56.3 Å². The molecule has 2 amide bonds. The topological polar surface area (TPSA) is 92.8 Å². The van der Waals surface area contributed by atoms with Crippen molar-refractivity contribution in [2.45, 2.75) is 25.9 Å². The van der Waals surface area contributed by atoms with E-state index >= 15 is 0 Å². The molecule has 2 rings (SSSR count). The number of rotatable bonds is 5. The number of methoxy groups -OCH3 is 1. The summed E-state index contributed by atoms with van der Waals surface area (Å²) in [6, 6.07) is 6.77. The molecule has 1 N–H and O–H groups in total. The van der Waals surface area contributed by atoms with Crippen LogP contribution >= 0.6 is 0 Å². The minimum atomic E-state index is -3.12. The Morgan fingerprint density at radius 2 is 2.04 bits per heavy atom. The molecule has 132 valence electrons. The molecule has 8 heteroatoms. The van der Waals surface area contributed by atoms with Gasteiger partial charge in [0.05, 0.1) is 18.6 Å². The largest absolute Gasteiger partial charge is 0.496 e. The minimum absolute atomic E-state index is 0.0598. The molecular weight excluding hydrogens is 332 g/mol. The fraction of sp³-hybridized carbons (Fsp3) is 0.500. The van der Waals surface area contributed by atoms with Crippen molar-refractivity contribution >= 4 is 21.7 Å². The van der Waals surface area contributed by atoms with Gasteiger partial charge in [-0.2, -0.15) is 0 Å². The van der Waals surface area contributed by atoms with E-state index in [0.717, 1.165) is 5.56 Å². The normalized spacial score (nSPS) is 18.8. The van der Waals surface area contributed by atoms with Gasteiger partial charge in [0.2, 0.25) is 0 Å². The van der Waals surface area contributed by atoms with Crippen molar-refractivity contribution in [2.75, 3.05) is 25.2 Å². The Labute approximate surface area is 141 Å². The molecule has 1 aliphatic heterocycles. The molecule has 0 spiro atoms. The Bertz CT molecular complexity index is 717. The number of nitrogens with zero attached hydrogens (tertiary/aromatic N) is 1. The van der Waals surface area contributed by atoms with E-state index in [1.165, 1.54) is 12.0 Å². The van der Waals surface area contributed by atoms with E-state index in [-0.39, 0.29) is 18.1 Å². The maximum atomic E-state index is 12.3. The molecule has 1 unspecified atom stereocenters. The number of para-hydroxylation sites is 1. The smallest absolute Gasteiger partial charge is 0.312 e. The average Bonchev–Trinajstić information content (AvgIpc) is 2.93. The molecule has 24 heavy (non-hydrogen) atoms. The average molecular weight is 354 g/mol. The first-order valence-corrected chi connectivity index (χ1v) is 9.61. The van der Waals surface area contributed by atoms with Crippen LogP contribution in [0.5, 0.6) is 5.75 Å². The van der Waals surface area contributed by atoms with Gasteiger partial charge in [0.15, 0.2) is 9.84 Å². The van der Waals surface area contributed by atoms with Crippen molar-refractivity contribution in [3.05, 3.63) is 29.8 Å². The quantitative estimate of drug-likeness (QED) is 0.770. The minimum Gasteiger partial charge on any atom is -0.496 e. The van der Waals surface area contributed by atoms with Gasteiger partial charge in [-0.1, -0.05) is 18.2 Å². The van der Waals surface area contributed by atoms with Gasteiger partial charge in [-0.05, 0) is 19.4 Å². The molecule has 1 aromatic carbocycles. The molecular formula is C16H22N2O5S. The van der Waals surface area contributed by atoms with Gasteiger partial charge < -0.3 is 15.0 Å². The zero-order chi connectivity index (χ0) is 17.7. The second-order valence-electron chi connectivity index (χ2n) is 5.64. The predicted molar refractivity (Wildman–Crippen MR) is 89.3 cm³/mol. The maximum Gasteiger partial charge on any atom is 0.312 e. The van der Waals surface area contributed by atoms with Gasteiger partial charge >= 0.3 is 11.8 Å². The van der Waals surface area contributed by atoms with Gasteiger partial charge in [-0.25, -0.2) is 8.42 Å². The second kappa shape index (κ2) is 7.65. The first kappa shape index (κ1) is 18.3. The molecule has 1 aromatic rings. The number of sulfone groups is 1. The molecule has 1 aliphatic rings. The second-order valence-corrected chi connectivity index (χ2v) is 7.87. The van der Waals surface area contributed by atoms with Crippen molar-refractivity contribution in [3.63, 3.8) is 0 Å². The molecule has 0 bridgehead atoms. The van der Waals surface area contributed by atoms with Gasteiger partial charge in [0, 0.05) is 24.7 Å². The van der Waals surface area contributed by atoms with E-state index in [1.807, 2.05) is 12.1 Å².